The lowest BCUT2D eigenvalue weighted by Crippen LogP contribution is -2.52. The molecule has 4 rings (SSSR count). The van der Waals surface area contributed by atoms with E-state index in [-0.39, 0.29) is 5.91 Å². The van der Waals surface area contributed by atoms with Gasteiger partial charge in [0.25, 0.3) is 11.8 Å². The normalized spacial score (nSPS) is 15.2. The van der Waals surface area contributed by atoms with E-state index >= 15 is 0 Å². The second kappa shape index (κ2) is 8.70. The summed E-state index contributed by atoms with van der Waals surface area (Å²) in [6.07, 6.45) is 2.49. The Hall–Kier alpha value is -3.14. The molecule has 152 valence electrons. The summed E-state index contributed by atoms with van der Waals surface area (Å²) in [5.74, 6) is 0.0619. The van der Waals surface area contributed by atoms with Gasteiger partial charge in [-0.2, -0.15) is 0 Å². The standard InChI is InChI=1S/C22H19IN4O3/c1-2-30-17-6-3-14(4-7-17)20-25-19-8-5-16(23)13-18(19)22(29)27(20)26-21(28)15-9-11-24-12-10-15/h3-13,20,25H,2H2,1H3,(H,26,28)/t20-/m0/s1. The van der Waals surface area contributed by atoms with Crippen LogP contribution in [0.5, 0.6) is 5.75 Å². The maximum Gasteiger partial charge on any atom is 0.276 e. The molecule has 0 saturated heterocycles. The monoisotopic (exact) mass is 514 g/mol. The molecule has 30 heavy (non-hydrogen) atoms. The Morgan fingerprint density at radius 1 is 1.17 bits per heavy atom. The highest BCUT2D eigenvalue weighted by atomic mass is 127. The number of hydrogen-bond donors (Lipinski definition) is 2. The van der Waals surface area contributed by atoms with Gasteiger partial charge in [0.15, 0.2) is 0 Å². The average molecular weight is 514 g/mol. The maximum absolute atomic E-state index is 13.3. The van der Waals surface area contributed by atoms with Crippen molar-refractivity contribution >= 4 is 40.1 Å². The van der Waals surface area contributed by atoms with Crippen molar-refractivity contribution in [1.82, 2.24) is 15.4 Å². The lowest BCUT2D eigenvalue weighted by molar-refractivity contribution is 0.0491. The molecular formula is C22H19IN4O3. The smallest absolute Gasteiger partial charge is 0.276 e. The topological polar surface area (TPSA) is 83.6 Å². The number of hydrogen-bond acceptors (Lipinski definition) is 5. The van der Waals surface area contributed by atoms with Crippen LogP contribution in [0.3, 0.4) is 0 Å². The third kappa shape index (κ3) is 4.09. The fourth-order valence-corrected chi connectivity index (χ4v) is 3.71. The Morgan fingerprint density at radius 2 is 1.90 bits per heavy atom. The van der Waals surface area contributed by atoms with Gasteiger partial charge >= 0.3 is 0 Å². The summed E-state index contributed by atoms with van der Waals surface area (Å²) >= 11 is 2.16. The summed E-state index contributed by atoms with van der Waals surface area (Å²) in [7, 11) is 0. The molecule has 1 aromatic heterocycles. The minimum Gasteiger partial charge on any atom is -0.494 e. The molecular weight excluding hydrogens is 495 g/mol. The molecule has 0 radical (unpaired) electrons. The molecule has 3 aromatic rings. The summed E-state index contributed by atoms with van der Waals surface area (Å²) in [4.78, 5) is 30.0. The fraction of sp³-hybridized carbons (Fsp3) is 0.136. The second-order valence-corrected chi connectivity index (χ2v) is 7.84. The van der Waals surface area contributed by atoms with Crippen LogP contribution in [-0.2, 0) is 0 Å². The van der Waals surface area contributed by atoms with Crippen molar-refractivity contribution in [2.75, 3.05) is 11.9 Å². The van der Waals surface area contributed by atoms with Crippen LogP contribution in [0.25, 0.3) is 0 Å². The van der Waals surface area contributed by atoms with E-state index in [0.29, 0.717) is 23.4 Å². The first kappa shape index (κ1) is 20.1. The average Bonchev–Trinajstić information content (AvgIpc) is 2.77. The van der Waals surface area contributed by atoms with Crippen LogP contribution < -0.4 is 15.5 Å². The quantitative estimate of drug-likeness (QED) is 0.504. The Bertz CT molecular complexity index is 1070. The number of fused-ring (bicyclic) bond motifs is 1. The number of nitrogens with zero attached hydrogens (tertiary/aromatic N) is 2. The second-order valence-electron chi connectivity index (χ2n) is 6.59. The highest BCUT2D eigenvalue weighted by molar-refractivity contribution is 14.1. The van der Waals surface area contributed by atoms with E-state index in [1.54, 1.807) is 18.2 Å². The Kier molecular flexibility index (Phi) is 5.84. The number of carbonyl (C=O) groups is 2. The van der Waals surface area contributed by atoms with Gasteiger partial charge < -0.3 is 10.1 Å². The van der Waals surface area contributed by atoms with E-state index in [1.807, 2.05) is 43.3 Å². The van der Waals surface area contributed by atoms with Crippen molar-refractivity contribution in [2.24, 2.45) is 0 Å². The molecule has 1 atom stereocenters. The number of benzene rings is 2. The molecule has 0 saturated carbocycles. The highest BCUT2D eigenvalue weighted by Crippen LogP contribution is 2.33. The Balaban J connectivity index is 1.70. The van der Waals surface area contributed by atoms with E-state index in [9.17, 15) is 9.59 Å². The van der Waals surface area contributed by atoms with Crippen molar-refractivity contribution in [2.45, 2.75) is 13.1 Å². The molecule has 2 N–H and O–H groups in total. The van der Waals surface area contributed by atoms with Crippen molar-refractivity contribution in [3.63, 3.8) is 0 Å². The SMILES string of the molecule is CCOc1ccc([C@H]2Nc3ccc(I)cc3C(=O)N2NC(=O)c2ccncc2)cc1. The molecule has 0 spiro atoms. The first-order valence-electron chi connectivity index (χ1n) is 9.40. The minimum absolute atomic E-state index is 0.288. The molecule has 2 aromatic carbocycles. The number of amides is 2. The van der Waals surface area contributed by atoms with E-state index in [1.165, 1.54) is 17.4 Å². The molecule has 2 heterocycles. The largest absolute Gasteiger partial charge is 0.494 e. The van der Waals surface area contributed by atoms with Crippen LogP contribution in [-0.4, -0.2) is 28.4 Å². The van der Waals surface area contributed by atoms with Gasteiger partial charge in [0, 0.05) is 27.2 Å². The van der Waals surface area contributed by atoms with Gasteiger partial charge in [-0.15, -0.1) is 0 Å². The Labute approximate surface area is 187 Å². The molecule has 2 amide bonds. The van der Waals surface area contributed by atoms with Crippen LogP contribution >= 0.6 is 22.6 Å². The zero-order chi connectivity index (χ0) is 21.1. The maximum atomic E-state index is 13.3. The van der Waals surface area contributed by atoms with Gasteiger partial charge in [-0.3, -0.25) is 20.0 Å². The van der Waals surface area contributed by atoms with Gasteiger partial charge in [0.05, 0.1) is 12.2 Å². The van der Waals surface area contributed by atoms with E-state index in [2.05, 4.69) is 38.3 Å². The molecule has 8 heteroatoms. The fourth-order valence-electron chi connectivity index (χ4n) is 3.22. The van der Waals surface area contributed by atoms with E-state index in [0.717, 1.165) is 14.9 Å². The van der Waals surface area contributed by atoms with E-state index in [4.69, 9.17) is 4.74 Å². The number of hydrazine groups is 1. The van der Waals surface area contributed by atoms with Gasteiger partial charge in [-0.05, 0) is 77.5 Å². The lowest BCUT2D eigenvalue weighted by atomic mass is 10.0. The Morgan fingerprint density at radius 3 is 2.60 bits per heavy atom. The number of halogens is 1. The molecule has 0 bridgehead atoms. The summed E-state index contributed by atoms with van der Waals surface area (Å²) in [6, 6.07) is 16.2. The van der Waals surface area contributed by atoms with Gasteiger partial charge in [-0.1, -0.05) is 12.1 Å². The molecule has 1 aliphatic heterocycles. The summed E-state index contributed by atoms with van der Waals surface area (Å²) in [6.45, 7) is 2.49. The number of aromatic nitrogens is 1. The van der Waals surface area contributed by atoms with Crippen LogP contribution in [0.2, 0.25) is 0 Å². The number of carbonyl (C=O) groups excluding carboxylic acids is 2. The number of nitrogens with one attached hydrogen (secondary N) is 2. The van der Waals surface area contributed by atoms with Crippen LogP contribution in [0, 0.1) is 3.57 Å². The van der Waals surface area contributed by atoms with Crippen molar-refractivity contribution in [3.8, 4) is 5.75 Å². The molecule has 7 nitrogen and oxygen atoms in total. The zero-order valence-electron chi connectivity index (χ0n) is 16.1. The van der Waals surface area contributed by atoms with E-state index < -0.39 is 12.1 Å². The first-order valence-corrected chi connectivity index (χ1v) is 10.5. The number of rotatable bonds is 5. The van der Waals surface area contributed by atoms with Crippen molar-refractivity contribution < 1.29 is 14.3 Å². The van der Waals surface area contributed by atoms with Crippen LogP contribution in [0.4, 0.5) is 5.69 Å². The summed E-state index contributed by atoms with van der Waals surface area (Å²) < 4.78 is 6.44. The highest BCUT2D eigenvalue weighted by Gasteiger charge is 2.34. The van der Waals surface area contributed by atoms with Gasteiger partial charge in [0.1, 0.15) is 11.9 Å². The molecule has 1 aliphatic rings. The first-order chi connectivity index (χ1) is 14.6. The van der Waals surface area contributed by atoms with Crippen LogP contribution in [0.1, 0.15) is 39.4 Å². The minimum atomic E-state index is -0.577. The van der Waals surface area contributed by atoms with Crippen molar-refractivity contribution in [3.05, 3.63) is 87.3 Å². The molecule has 0 unspecified atom stereocenters. The molecule has 0 aliphatic carbocycles. The predicted molar refractivity (Wildman–Crippen MR) is 121 cm³/mol. The molecule has 0 fully saturated rings. The van der Waals surface area contributed by atoms with Crippen molar-refractivity contribution in [1.29, 1.82) is 0 Å². The third-order valence-corrected chi connectivity index (χ3v) is 5.32. The summed E-state index contributed by atoms with van der Waals surface area (Å²) in [5, 5.41) is 4.69. The van der Waals surface area contributed by atoms with Crippen LogP contribution in [0.15, 0.2) is 67.0 Å². The predicted octanol–water partition coefficient (Wildman–Crippen LogP) is 4.00. The lowest BCUT2D eigenvalue weighted by Gasteiger charge is -2.37. The number of pyridine rings is 1. The number of anilines is 1. The van der Waals surface area contributed by atoms with Gasteiger partial charge in [0.2, 0.25) is 0 Å². The number of ether oxygens (including phenoxy) is 1. The zero-order valence-corrected chi connectivity index (χ0v) is 18.3. The third-order valence-electron chi connectivity index (χ3n) is 4.65. The van der Waals surface area contributed by atoms with Gasteiger partial charge in [-0.25, -0.2) is 5.01 Å². The summed E-state index contributed by atoms with van der Waals surface area (Å²) in [5.41, 5.74) is 5.19.